The van der Waals surface area contributed by atoms with Gasteiger partial charge in [-0.3, -0.25) is 4.79 Å². The fourth-order valence-electron chi connectivity index (χ4n) is 3.06. The van der Waals surface area contributed by atoms with Gasteiger partial charge in [0, 0.05) is 5.56 Å². The number of ketones is 1. The average molecular weight is 500 g/mol. The Morgan fingerprint density at radius 3 is 1.67 bits per heavy atom. The van der Waals surface area contributed by atoms with Crippen LogP contribution in [0.3, 0.4) is 0 Å². The van der Waals surface area contributed by atoms with Crippen LogP contribution in [0.2, 0.25) is 5.02 Å². The number of rotatable bonds is 6. The lowest BCUT2D eigenvalue weighted by Gasteiger charge is -2.25. The summed E-state index contributed by atoms with van der Waals surface area (Å²) in [6.07, 6.45) is 0. The minimum absolute atomic E-state index is 0.0602. The minimum atomic E-state index is -4.91. The summed E-state index contributed by atoms with van der Waals surface area (Å²) in [4.78, 5) is 10.6. The largest absolute Gasteiger partial charge is 0.294 e. The van der Waals surface area contributed by atoms with E-state index >= 15 is 0 Å². The number of halogens is 1. The Labute approximate surface area is 196 Å². The maximum Gasteiger partial charge on any atom is 0.279 e. The summed E-state index contributed by atoms with van der Waals surface area (Å²) in [6, 6.07) is 17.0. The van der Waals surface area contributed by atoms with E-state index in [4.69, 9.17) is 11.6 Å². The second-order valence-corrected chi connectivity index (χ2v) is 10.8. The molecule has 0 spiro atoms. The molecule has 3 rings (SSSR count). The fourth-order valence-corrected chi connectivity index (χ4v) is 7.30. The molecule has 0 aliphatic heterocycles. The van der Waals surface area contributed by atoms with Crippen molar-refractivity contribution in [2.45, 2.75) is 16.7 Å². The first kappa shape index (κ1) is 24.0. The molecule has 3 aromatic carbocycles. The van der Waals surface area contributed by atoms with E-state index in [1.807, 2.05) is 0 Å². The highest BCUT2D eigenvalue weighted by molar-refractivity contribution is 8.10. The Morgan fingerprint density at radius 1 is 0.818 bits per heavy atom. The Hall–Kier alpha value is -3.70. The van der Waals surface area contributed by atoms with Crippen LogP contribution in [0.25, 0.3) is 0 Å². The van der Waals surface area contributed by atoms with E-state index in [-0.39, 0.29) is 25.4 Å². The maximum atomic E-state index is 13.7. The molecule has 0 radical (unpaired) electrons. The summed E-state index contributed by atoms with van der Waals surface area (Å²) in [5.74, 6) is -0.409. The van der Waals surface area contributed by atoms with Crippen LogP contribution in [0, 0.1) is 22.7 Å². The van der Waals surface area contributed by atoms with Crippen molar-refractivity contribution in [1.82, 2.24) is 0 Å². The van der Waals surface area contributed by atoms with Crippen LogP contribution in [0.15, 0.2) is 76.5 Å². The molecule has 3 aromatic rings. The number of hydrogen-bond donors (Lipinski definition) is 0. The number of carbonyl (C=O) groups is 1. The molecule has 0 fully saturated rings. The highest BCUT2D eigenvalue weighted by Crippen LogP contribution is 2.35. The van der Waals surface area contributed by atoms with Gasteiger partial charge in [-0.1, -0.05) is 35.9 Å². The zero-order chi connectivity index (χ0) is 24.4. The summed E-state index contributed by atoms with van der Waals surface area (Å²) >= 11 is 6.14. The first-order chi connectivity index (χ1) is 15.6. The molecule has 0 unspecified atom stereocenters. The molecule has 0 saturated carbocycles. The topological polar surface area (TPSA) is 136 Å². The maximum absolute atomic E-state index is 13.7. The standard InChI is InChI=1S/C22H14ClN3O5S2/c1-15(27)19-11-10-18(12-20(19)23)26(32(28,29)21-8-4-2-6-16(21)13-24)33(30,31)22-9-5-3-7-17(22)14-25/h2-12H,1H3. The van der Waals surface area contributed by atoms with Crippen molar-refractivity contribution >= 4 is 43.1 Å². The Kier molecular flexibility index (Phi) is 6.56. The normalized spacial score (nSPS) is 11.3. The Bertz CT molecular complexity index is 1480. The monoisotopic (exact) mass is 499 g/mol. The molecule has 8 nitrogen and oxygen atoms in total. The van der Waals surface area contributed by atoms with E-state index < -0.39 is 41.3 Å². The molecular formula is C22H14ClN3O5S2. The third kappa shape index (κ3) is 4.32. The first-order valence-electron chi connectivity index (χ1n) is 9.15. The first-order valence-corrected chi connectivity index (χ1v) is 12.4. The third-order valence-corrected chi connectivity index (χ3v) is 9.16. The number of sulfonamides is 2. The second-order valence-electron chi connectivity index (χ2n) is 6.64. The summed E-state index contributed by atoms with van der Waals surface area (Å²) in [7, 11) is -9.82. The van der Waals surface area contributed by atoms with Gasteiger partial charge < -0.3 is 0 Å². The summed E-state index contributed by atoms with van der Waals surface area (Å²) in [5.41, 5.74) is -0.897. The van der Waals surface area contributed by atoms with Gasteiger partial charge in [-0.2, -0.15) is 31.1 Å². The van der Waals surface area contributed by atoms with E-state index in [0.717, 1.165) is 24.3 Å². The van der Waals surface area contributed by atoms with Crippen LogP contribution < -0.4 is 3.71 Å². The summed E-state index contributed by atoms with van der Waals surface area (Å²) in [5, 5.41) is 18.6. The summed E-state index contributed by atoms with van der Waals surface area (Å²) < 4.78 is 54.8. The number of benzene rings is 3. The lowest BCUT2D eigenvalue weighted by atomic mass is 10.1. The van der Waals surface area contributed by atoms with E-state index in [1.54, 1.807) is 12.1 Å². The molecule has 0 aliphatic carbocycles. The van der Waals surface area contributed by atoms with Crippen LogP contribution in [-0.2, 0) is 20.0 Å². The lowest BCUT2D eigenvalue weighted by Crippen LogP contribution is -2.37. The van der Waals surface area contributed by atoms with Crippen molar-refractivity contribution in [2.24, 2.45) is 0 Å². The molecule has 0 N–H and O–H groups in total. The van der Waals surface area contributed by atoms with E-state index in [1.165, 1.54) is 49.4 Å². The van der Waals surface area contributed by atoms with Gasteiger partial charge in [-0.25, -0.2) is 0 Å². The van der Waals surface area contributed by atoms with Gasteiger partial charge in [0.05, 0.1) is 21.8 Å². The second kappa shape index (κ2) is 9.04. The van der Waals surface area contributed by atoms with Crippen LogP contribution in [-0.4, -0.2) is 22.6 Å². The van der Waals surface area contributed by atoms with Crippen molar-refractivity contribution in [3.8, 4) is 12.1 Å². The van der Waals surface area contributed by atoms with E-state index in [0.29, 0.717) is 0 Å². The number of nitriles is 2. The van der Waals surface area contributed by atoms with Crippen LogP contribution in [0.5, 0.6) is 0 Å². The van der Waals surface area contributed by atoms with Crippen molar-refractivity contribution in [2.75, 3.05) is 3.71 Å². The molecular weight excluding hydrogens is 486 g/mol. The van der Waals surface area contributed by atoms with Crippen LogP contribution in [0.4, 0.5) is 5.69 Å². The quantitative estimate of drug-likeness (QED) is 0.469. The van der Waals surface area contributed by atoms with Gasteiger partial charge in [0.1, 0.15) is 21.9 Å². The molecule has 0 atom stereocenters. The van der Waals surface area contributed by atoms with E-state index in [9.17, 15) is 32.2 Å². The zero-order valence-electron chi connectivity index (χ0n) is 16.9. The van der Waals surface area contributed by atoms with Gasteiger partial charge in [0.2, 0.25) is 0 Å². The third-order valence-electron chi connectivity index (χ3n) is 4.55. The van der Waals surface area contributed by atoms with Gasteiger partial charge in [0.25, 0.3) is 20.0 Å². The summed E-state index contributed by atoms with van der Waals surface area (Å²) in [6.45, 7) is 1.25. The molecule has 0 amide bonds. The van der Waals surface area contributed by atoms with Crippen LogP contribution >= 0.6 is 11.6 Å². The molecule has 0 saturated heterocycles. The molecule has 11 heteroatoms. The molecule has 0 bridgehead atoms. The highest BCUT2D eigenvalue weighted by atomic mass is 35.5. The number of hydrogen-bond acceptors (Lipinski definition) is 7. The van der Waals surface area contributed by atoms with E-state index in [2.05, 4.69) is 0 Å². The number of anilines is 1. The molecule has 0 heterocycles. The molecule has 0 aliphatic rings. The predicted molar refractivity (Wildman–Crippen MR) is 121 cm³/mol. The number of carbonyl (C=O) groups excluding carboxylic acids is 1. The number of Topliss-reactive ketones (excluding diaryl/α,β-unsaturated/α-hetero) is 1. The zero-order valence-corrected chi connectivity index (χ0v) is 19.3. The van der Waals surface area contributed by atoms with Crippen LogP contribution in [0.1, 0.15) is 28.4 Å². The predicted octanol–water partition coefficient (Wildman–Crippen LogP) is 3.87. The van der Waals surface area contributed by atoms with Crippen molar-refractivity contribution in [1.29, 1.82) is 10.5 Å². The van der Waals surface area contributed by atoms with Gasteiger partial charge in [0.15, 0.2) is 5.78 Å². The Morgan fingerprint density at radius 2 is 1.27 bits per heavy atom. The van der Waals surface area contributed by atoms with Gasteiger partial charge >= 0.3 is 0 Å². The molecule has 0 aromatic heterocycles. The van der Waals surface area contributed by atoms with Crippen molar-refractivity contribution in [3.63, 3.8) is 0 Å². The number of nitrogens with zero attached hydrogens (tertiary/aromatic N) is 3. The average Bonchev–Trinajstić information content (AvgIpc) is 2.78. The minimum Gasteiger partial charge on any atom is -0.294 e. The SMILES string of the molecule is CC(=O)c1ccc(N(S(=O)(=O)c2ccccc2C#N)S(=O)(=O)c2ccccc2C#N)cc1Cl. The smallest absolute Gasteiger partial charge is 0.279 e. The molecule has 166 valence electrons. The van der Waals surface area contributed by atoms with Crippen molar-refractivity contribution < 1.29 is 21.6 Å². The Balaban J connectivity index is 2.40. The highest BCUT2D eigenvalue weighted by Gasteiger charge is 2.39. The fraction of sp³-hybridized carbons (Fsp3) is 0.0455. The lowest BCUT2D eigenvalue weighted by molar-refractivity contribution is 0.101. The van der Waals surface area contributed by atoms with Crippen molar-refractivity contribution in [3.05, 3.63) is 88.4 Å². The molecule has 33 heavy (non-hydrogen) atoms. The van der Waals surface area contributed by atoms with Gasteiger partial charge in [-0.15, -0.1) is 0 Å². The van der Waals surface area contributed by atoms with Gasteiger partial charge in [-0.05, 0) is 49.4 Å².